The summed E-state index contributed by atoms with van der Waals surface area (Å²) in [4.78, 5) is 3.62. The summed E-state index contributed by atoms with van der Waals surface area (Å²) in [6.07, 6.45) is -2.86. The van der Waals surface area contributed by atoms with Crippen molar-refractivity contribution < 1.29 is 55.0 Å². The zero-order valence-electron chi connectivity index (χ0n) is 15.5. The molecule has 1 aromatic carbocycles. The van der Waals surface area contributed by atoms with Crippen molar-refractivity contribution in [2.75, 3.05) is 10.8 Å². The Labute approximate surface area is 188 Å². The normalized spacial score (nSPS) is 14.5. The van der Waals surface area contributed by atoms with Crippen molar-refractivity contribution in [3.8, 4) is 0 Å². The number of thiazole rings is 1. The Hall–Kier alpha value is -0.896. The number of anilines is 1. The standard InChI is InChI=1S/C14H12F2N2O3S2.C2H6.CH3.Y/c1-8-4-2-3-5-9(8)13-11(19)12-14(17-7-22-12)18(6-10(15)16)23(13,20)21;1-2;;/h2-5,7,10,19H,6H2,1H3;1-2H3;1H3;/q;;-1;. The zero-order valence-corrected chi connectivity index (χ0v) is 20.0. The summed E-state index contributed by atoms with van der Waals surface area (Å²) in [7, 11) is -4.34. The van der Waals surface area contributed by atoms with Gasteiger partial charge in [0, 0.05) is 38.3 Å². The maximum Gasteiger partial charge on any atom is 0.270 e. The van der Waals surface area contributed by atoms with Crippen LogP contribution >= 0.6 is 11.3 Å². The molecular formula is C17H21F2N2O3S2Y-. The Balaban J connectivity index is 0.00000164. The molecule has 10 heteroatoms. The summed E-state index contributed by atoms with van der Waals surface area (Å²) in [5.41, 5.74) is 2.21. The molecule has 0 amide bonds. The first-order chi connectivity index (χ1) is 11.8. The van der Waals surface area contributed by atoms with E-state index in [0.29, 0.717) is 9.87 Å². The first-order valence-electron chi connectivity index (χ1n) is 7.58. The van der Waals surface area contributed by atoms with E-state index in [9.17, 15) is 22.3 Å². The monoisotopic (exact) mass is 492 g/mol. The van der Waals surface area contributed by atoms with E-state index in [1.54, 1.807) is 25.1 Å². The van der Waals surface area contributed by atoms with Gasteiger partial charge >= 0.3 is 0 Å². The number of sulfonamides is 1. The quantitative estimate of drug-likeness (QED) is 0.630. The van der Waals surface area contributed by atoms with Crippen LogP contribution in [0.25, 0.3) is 10.7 Å². The summed E-state index contributed by atoms with van der Waals surface area (Å²) >= 11 is 0.999. The SMILES string of the molecule is CC.Cc1ccccc1C1=C(O)c2scnc2N(CC(F)F)S1(=O)=O.[CH3-].[Y]. The largest absolute Gasteiger partial charge is 0.505 e. The van der Waals surface area contributed by atoms with Gasteiger partial charge in [-0.2, -0.15) is 0 Å². The summed E-state index contributed by atoms with van der Waals surface area (Å²) < 4.78 is 51.9. The van der Waals surface area contributed by atoms with Crippen molar-refractivity contribution in [2.24, 2.45) is 0 Å². The van der Waals surface area contributed by atoms with Crippen LogP contribution in [0.15, 0.2) is 29.8 Å². The molecule has 0 aliphatic carbocycles. The van der Waals surface area contributed by atoms with Crippen molar-refractivity contribution in [3.63, 3.8) is 0 Å². The Morgan fingerprint density at radius 3 is 2.41 bits per heavy atom. The Kier molecular flexibility index (Phi) is 10.2. The molecule has 1 aliphatic rings. The predicted molar refractivity (Wildman–Crippen MR) is 103 cm³/mol. The molecule has 1 N–H and O–H groups in total. The number of aromatic nitrogens is 1. The number of rotatable bonds is 3. The van der Waals surface area contributed by atoms with Crippen LogP contribution in [0.3, 0.4) is 0 Å². The van der Waals surface area contributed by atoms with Gasteiger partial charge in [-0.3, -0.25) is 0 Å². The van der Waals surface area contributed by atoms with Crippen LogP contribution < -0.4 is 4.31 Å². The number of benzene rings is 1. The van der Waals surface area contributed by atoms with E-state index < -0.39 is 28.8 Å². The van der Waals surface area contributed by atoms with Crippen LogP contribution in [0.5, 0.6) is 0 Å². The van der Waals surface area contributed by atoms with E-state index in [0.717, 1.165) is 11.3 Å². The number of fused-ring (bicyclic) bond motifs is 1. The predicted octanol–water partition coefficient (Wildman–Crippen LogP) is 4.72. The van der Waals surface area contributed by atoms with Crippen molar-refractivity contribution >= 4 is 37.8 Å². The number of nitrogens with zero attached hydrogens (tertiary/aromatic N) is 2. The average molecular weight is 492 g/mol. The first kappa shape index (κ1) is 26.1. The number of aryl methyl sites for hydroxylation is 1. The van der Waals surface area contributed by atoms with E-state index >= 15 is 0 Å². The molecule has 0 unspecified atom stereocenters. The Bertz CT molecular complexity index is 899. The Morgan fingerprint density at radius 2 is 1.85 bits per heavy atom. The molecule has 5 nitrogen and oxygen atoms in total. The Morgan fingerprint density at radius 1 is 1.26 bits per heavy atom. The molecule has 2 aromatic rings. The van der Waals surface area contributed by atoms with Crippen molar-refractivity contribution in [1.29, 1.82) is 0 Å². The van der Waals surface area contributed by atoms with E-state index in [1.807, 2.05) is 13.8 Å². The number of alkyl halides is 2. The minimum Gasteiger partial charge on any atom is -0.505 e. The van der Waals surface area contributed by atoms with Crippen LogP contribution in [0.4, 0.5) is 14.6 Å². The van der Waals surface area contributed by atoms with Gasteiger partial charge in [0.2, 0.25) is 0 Å². The third-order valence-corrected chi connectivity index (χ3v) is 6.11. The molecule has 147 valence electrons. The molecule has 3 rings (SSSR count). The molecule has 0 atom stereocenters. The van der Waals surface area contributed by atoms with Crippen molar-refractivity contribution in [1.82, 2.24) is 4.98 Å². The summed E-state index contributed by atoms with van der Waals surface area (Å²) in [6, 6.07) is 6.56. The third kappa shape index (κ3) is 4.94. The van der Waals surface area contributed by atoms with Crippen molar-refractivity contribution in [2.45, 2.75) is 27.2 Å². The number of aliphatic hydroxyl groups excluding tert-OH is 1. The minimum absolute atomic E-state index is 0. The zero-order chi connectivity index (χ0) is 18.8. The molecule has 2 heterocycles. The van der Waals surface area contributed by atoms with Gasteiger partial charge in [-0.1, -0.05) is 38.1 Å². The molecule has 0 saturated heterocycles. The molecule has 1 aliphatic heterocycles. The molecule has 1 radical (unpaired) electrons. The molecule has 27 heavy (non-hydrogen) atoms. The molecular weight excluding hydrogens is 471 g/mol. The van der Waals surface area contributed by atoms with Gasteiger partial charge in [0.15, 0.2) is 11.6 Å². The van der Waals surface area contributed by atoms with Crippen molar-refractivity contribution in [3.05, 3.63) is 53.2 Å². The van der Waals surface area contributed by atoms with Gasteiger partial charge in [0.25, 0.3) is 16.4 Å². The smallest absolute Gasteiger partial charge is 0.270 e. The molecule has 1 aromatic heterocycles. The van der Waals surface area contributed by atoms with Crippen LogP contribution in [0, 0.1) is 14.4 Å². The van der Waals surface area contributed by atoms with Crippen LogP contribution in [0.1, 0.15) is 29.9 Å². The maximum atomic E-state index is 12.9. The third-order valence-electron chi connectivity index (χ3n) is 3.46. The van der Waals surface area contributed by atoms with Gasteiger partial charge < -0.3 is 12.5 Å². The molecule has 0 bridgehead atoms. The second-order valence-corrected chi connectivity index (χ2v) is 7.58. The van der Waals surface area contributed by atoms with Gasteiger partial charge in [0.1, 0.15) is 9.78 Å². The maximum absolute atomic E-state index is 12.9. The van der Waals surface area contributed by atoms with E-state index in [2.05, 4.69) is 4.98 Å². The molecule has 0 saturated carbocycles. The van der Waals surface area contributed by atoms with Gasteiger partial charge in [-0.05, 0) is 12.5 Å². The summed E-state index contributed by atoms with van der Waals surface area (Å²) in [5.74, 6) is -0.618. The first-order valence-corrected chi connectivity index (χ1v) is 9.90. The van der Waals surface area contributed by atoms with Gasteiger partial charge in [-0.25, -0.2) is 26.5 Å². The fraction of sp³-hybridized carbons (Fsp3) is 0.294. The van der Waals surface area contributed by atoms with Gasteiger partial charge in [-0.15, -0.1) is 11.3 Å². The number of hydrogen-bond donors (Lipinski definition) is 1. The summed E-state index contributed by atoms with van der Waals surface area (Å²) in [6.45, 7) is 4.67. The number of halogens is 2. The molecule has 0 fully saturated rings. The fourth-order valence-corrected chi connectivity index (χ4v) is 5.04. The summed E-state index contributed by atoms with van der Waals surface area (Å²) in [5, 5.41) is 10.4. The number of aliphatic hydroxyl groups is 1. The van der Waals surface area contributed by atoms with E-state index in [-0.39, 0.29) is 61.3 Å². The number of hydrogen-bond acceptors (Lipinski definition) is 5. The van der Waals surface area contributed by atoms with Crippen LogP contribution in [0.2, 0.25) is 0 Å². The average Bonchev–Trinajstić information content (AvgIpc) is 3.04. The van der Waals surface area contributed by atoms with E-state index in [4.69, 9.17) is 0 Å². The van der Waals surface area contributed by atoms with E-state index in [1.165, 1.54) is 11.6 Å². The second-order valence-electron chi connectivity index (χ2n) is 4.92. The molecule has 0 spiro atoms. The van der Waals surface area contributed by atoms with Crippen LogP contribution in [-0.4, -0.2) is 31.5 Å². The van der Waals surface area contributed by atoms with Crippen LogP contribution in [-0.2, 0) is 42.7 Å². The second kappa shape index (κ2) is 10.6. The topological polar surface area (TPSA) is 70.5 Å². The minimum atomic E-state index is -4.34. The van der Waals surface area contributed by atoms with Gasteiger partial charge in [0.05, 0.1) is 12.1 Å². The fourth-order valence-electron chi connectivity index (χ4n) is 2.43.